The highest BCUT2D eigenvalue weighted by atomic mass is 35.5. The van der Waals surface area contributed by atoms with Gasteiger partial charge in [-0.3, -0.25) is 0 Å². The van der Waals surface area contributed by atoms with Gasteiger partial charge in [-0.1, -0.05) is 31.9 Å². The minimum atomic E-state index is -3.63. The lowest BCUT2D eigenvalue weighted by atomic mass is 10.2. The molecule has 112 valence electrons. The minimum Gasteiger partial charge on any atom is -0.478 e. The molecule has 1 rings (SSSR count). The van der Waals surface area contributed by atoms with Crippen LogP contribution in [0.3, 0.4) is 0 Å². The molecule has 0 saturated carbocycles. The molecule has 0 heterocycles. The van der Waals surface area contributed by atoms with Crippen molar-refractivity contribution < 1.29 is 18.3 Å². The molecule has 0 spiro atoms. The Morgan fingerprint density at radius 1 is 1.35 bits per heavy atom. The molecule has 0 aliphatic heterocycles. The summed E-state index contributed by atoms with van der Waals surface area (Å²) in [4.78, 5) is 10.9. The minimum absolute atomic E-state index is 0.0189. The number of rotatable bonds is 7. The number of nitrogens with zero attached hydrogens (tertiary/aromatic N) is 1. The summed E-state index contributed by atoms with van der Waals surface area (Å²) in [6.07, 6.45) is 1.67. The Labute approximate surface area is 124 Å². The van der Waals surface area contributed by atoms with Gasteiger partial charge in [-0.25, -0.2) is 13.2 Å². The van der Waals surface area contributed by atoms with Crippen molar-refractivity contribution in [2.75, 3.05) is 13.1 Å². The van der Waals surface area contributed by atoms with Crippen molar-refractivity contribution in [1.82, 2.24) is 4.31 Å². The number of carboxylic acid groups (broad SMARTS) is 1. The first-order chi connectivity index (χ1) is 9.34. The van der Waals surface area contributed by atoms with Gasteiger partial charge in [0.15, 0.2) is 0 Å². The van der Waals surface area contributed by atoms with E-state index in [-0.39, 0.29) is 15.5 Å². The summed E-state index contributed by atoms with van der Waals surface area (Å²) >= 11 is 5.82. The molecule has 1 aromatic carbocycles. The van der Waals surface area contributed by atoms with Crippen molar-refractivity contribution in [3.05, 3.63) is 28.8 Å². The lowest BCUT2D eigenvalue weighted by Crippen LogP contribution is -2.31. The number of halogens is 1. The van der Waals surface area contributed by atoms with E-state index >= 15 is 0 Å². The summed E-state index contributed by atoms with van der Waals surface area (Å²) < 4.78 is 26.2. The largest absolute Gasteiger partial charge is 0.478 e. The zero-order valence-electron chi connectivity index (χ0n) is 11.5. The molecule has 1 aromatic rings. The van der Waals surface area contributed by atoms with E-state index in [0.29, 0.717) is 13.1 Å². The van der Waals surface area contributed by atoms with Crippen LogP contribution in [0, 0.1) is 0 Å². The molecule has 0 aliphatic carbocycles. The predicted molar refractivity (Wildman–Crippen MR) is 77.8 cm³/mol. The summed E-state index contributed by atoms with van der Waals surface area (Å²) in [5, 5.41) is 8.81. The highest BCUT2D eigenvalue weighted by Gasteiger charge is 2.24. The van der Waals surface area contributed by atoms with Gasteiger partial charge in [0.05, 0.1) is 15.5 Å². The lowest BCUT2D eigenvalue weighted by molar-refractivity contribution is 0.0697. The molecule has 20 heavy (non-hydrogen) atoms. The second kappa shape index (κ2) is 7.06. The van der Waals surface area contributed by atoms with Crippen LogP contribution in [0.4, 0.5) is 0 Å². The van der Waals surface area contributed by atoms with E-state index in [2.05, 4.69) is 0 Å². The SMILES string of the molecule is CCCCN(CC)S(=O)(=O)c1ccc(C(=O)O)c(Cl)c1. The third-order valence-electron chi connectivity index (χ3n) is 2.92. The van der Waals surface area contributed by atoms with Crippen molar-refractivity contribution in [3.63, 3.8) is 0 Å². The Morgan fingerprint density at radius 3 is 2.45 bits per heavy atom. The van der Waals surface area contributed by atoms with Crippen LogP contribution < -0.4 is 0 Å². The summed E-state index contributed by atoms with van der Waals surface area (Å²) in [5.41, 5.74) is -0.109. The van der Waals surface area contributed by atoms with Crippen molar-refractivity contribution in [3.8, 4) is 0 Å². The normalized spacial score (nSPS) is 11.8. The number of unbranched alkanes of at least 4 members (excludes halogenated alkanes) is 1. The second-order valence-corrected chi connectivity index (χ2v) is 6.64. The summed E-state index contributed by atoms with van der Waals surface area (Å²) in [6, 6.07) is 3.68. The van der Waals surface area contributed by atoms with Gasteiger partial charge in [0.1, 0.15) is 0 Å². The van der Waals surface area contributed by atoms with Gasteiger partial charge in [-0.2, -0.15) is 4.31 Å². The number of hydrogen-bond donors (Lipinski definition) is 1. The van der Waals surface area contributed by atoms with Crippen LogP contribution in [0.2, 0.25) is 5.02 Å². The van der Waals surface area contributed by atoms with E-state index in [1.54, 1.807) is 6.92 Å². The highest BCUT2D eigenvalue weighted by Crippen LogP contribution is 2.23. The summed E-state index contributed by atoms with van der Waals surface area (Å²) in [5.74, 6) is -1.18. The van der Waals surface area contributed by atoms with Crippen LogP contribution in [0.5, 0.6) is 0 Å². The number of hydrogen-bond acceptors (Lipinski definition) is 3. The molecule has 0 unspecified atom stereocenters. The molecule has 1 N–H and O–H groups in total. The topological polar surface area (TPSA) is 74.7 Å². The van der Waals surface area contributed by atoms with E-state index in [1.165, 1.54) is 22.5 Å². The quantitative estimate of drug-likeness (QED) is 0.838. The van der Waals surface area contributed by atoms with Gasteiger partial charge < -0.3 is 5.11 Å². The number of sulfonamides is 1. The Kier molecular flexibility index (Phi) is 5.98. The maximum atomic E-state index is 12.4. The first-order valence-corrected chi connectivity index (χ1v) is 8.19. The predicted octanol–water partition coefficient (Wildman–Crippen LogP) is 2.85. The molecule has 0 radical (unpaired) electrons. The zero-order valence-corrected chi connectivity index (χ0v) is 13.0. The molecule has 5 nitrogen and oxygen atoms in total. The van der Waals surface area contributed by atoms with Gasteiger partial charge in [-0.15, -0.1) is 0 Å². The van der Waals surface area contributed by atoms with Crippen LogP contribution >= 0.6 is 11.6 Å². The number of aromatic carboxylic acids is 1. The van der Waals surface area contributed by atoms with E-state index in [0.717, 1.165) is 12.8 Å². The first-order valence-electron chi connectivity index (χ1n) is 6.37. The molecule has 0 amide bonds. The molecular weight excluding hydrogens is 302 g/mol. The van der Waals surface area contributed by atoms with Gasteiger partial charge in [0.2, 0.25) is 10.0 Å². The summed E-state index contributed by atoms with van der Waals surface area (Å²) in [7, 11) is -3.63. The molecule has 0 atom stereocenters. The van der Waals surface area contributed by atoms with Crippen molar-refractivity contribution in [1.29, 1.82) is 0 Å². The number of carboxylic acids is 1. The first kappa shape index (κ1) is 16.9. The molecule has 0 fully saturated rings. The molecule has 0 aliphatic rings. The Bertz CT molecular complexity index is 586. The van der Waals surface area contributed by atoms with E-state index in [9.17, 15) is 13.2 Å². The Hall–Kier alpha value is -1.11. The highest BCUT2D eigenvalue weighted by molar-refractivity contribution is 7.89. The maximum Gasteiger partial charge on any atom is 0.337 e. The van der Waals surface area contributed by atoms with Crippen molar-refractivity contribution in [2.45, 2.75) is 31.6 Å². The van der Waals surface area contributed by atoms with Crippen molar-refractivity contribution in [2.24, 2.45) is 0 Å². The smallest absolute Gasteiger partial charge is 0.337 e. The average molecular weight is 320 g/mol. The van der Waals surface area contributed by atoms with Crippen LogP contribution in [0.1, 0.15) is 37.0 Å². The van der Waals surface area contributed by atoms with Gasteiger partial charge in [-0.05, 0) is 24.6 Å². The van der Waals surface area contributed by atoms with Crippen molar-refractivity contribution >= 4 is 27.6 Å². The van der Waals surface area contributed by atoms with E-state index < -0.39 is 16.0 Å². The Morgan fingerprint density at radius 2 is 2.00 bits per heavy atom. The molecule has 0 bridgehead atoms. The van der Waals surface area contributed by atoms with Gasteiger partial charge in [0, 0.05) is 13.1 Å². The van der Waals surface area contributed by atoms with Crippen LogP contribution in [-0.2, 0) is 10.0 Å². The standard InChI is InChI=1S/C13H18ClNO4S/c1-3-5-8-15(4-2)20(18,19)10-6-7-11(13(16)17)12(14)9-10/h6-7,9H,3-5,8H2,1-2H3,(H,16,17). The third kappa shape index (κ3) is 3.71. The Balaban J connectivity index is 3.15. The molecule has 0 saturated heterocycles. The van der Waals surface area contributed by atoms with Crippen LogP contribution in [0.25, 0.3) is 0 Å². The van der Waals surface area contributed by atoms with Crippen LogP contribution in [-0.4, -0.2) is 36.9 Å². The average Bonchev–Trinajstić information content (AvgIpc) is 2.38. The van der Waals surface area contributed by atoms with Crippen LogP contribution in [0.15, 0.2) is 23.1 Å². The fourth-order valence-electron chi connectivity index (χ4n) is 1.76. The molecule has 0 aromatic heterocycles. The lowest BCUT2D eigenvalue weighted by Gasteiger charge is -2.20. The molecular formula is C13H18ClNO4S. The van der Waals surface area contributed by atoms with E-state index in [4.69, 9.17) is 16.7 Å². The van der Waals surface area contributed by atoms with E-state index in [1.807, 2.05) is 6.92 Å². The third-order valence-corrected chi connectivity index (χ3v) is 5.21. The maximum absolute atomic E-state index is 12.4. The summed E-state index contributed by atoms with van der Waals surface area (Å²) in [6.45, 7) is 4.55. The second-order valence-electron chi connectivity index (χ2n) is 4.30. The zero-order chi connectivity index (χ0) is 15.3. The number of benzene rings is 1. The fourth-order valence-corrected chi connectivity index (χ4v) is 3.60. The van der Waals surface area contributed by atoms with Gasteiger partial charge >= 0.3 is 5.97 Å². The van der Waals surface area contributed by atoms with Gasteiger partial charge in [0.25, 0.3) is 0 Å². The molecule has 7 heteroatoms. The number of carbonyl (C=O) groups is 1. The monoisotopic (exact) mass is 319 g/mol. The fraction of sp³-hybridized carbons (Fsp3) is 0.462.